The number of methoxy groups -OCH3 is 1. The highest BCUT2D eigenvalue weighted by molar-refractivity contribution is 9.10. The molecule has 1 saturated heterocycles. The van der Waals surface area contributed by atoms with E-state index in [9.17, 15) is 14.4 Å². The van der Waals surface area contributed by atoms with Crippen LogP contribution in [0.1, 0.15) is 34.0 Å². The van der Waals surface area contributed by atoms with Crippen LogP contribution in [0.25, 0.3) is 6.08 Å². The Balaban J connectivity index is 1.45. The lowest BCUT2D eigenvalue weighted by Crippen LogP contribution is -2.50. The maximum atomic E-state index is 13.8. The predicted octanol–water partition coefficient (Wildman–Crippen LogP) is 4.04. The number of aromatic nitrogens is 1. The first-order chi connectivity index (χ1) is 17.4. The van der Waals surface area contributed by atoms with Gasteiger partial charge in [-0.1, -0.05) is 30.3 Å². The number of nitrogens with zero attached hydrogens (tertiary/aromatic N) is 2. The molecule has 2 aromatic carbocycles. The zero-order chi connectivity index (χ0) is 25.2. The SMILES string of the molecule is COc1ccc(/C=C(\NC(=O)c2ccccc2Br)C(=O)N2C[C@H]3C[C@@H](C2)c2cccc(=O)n2C3)cc1. The summed E-state index contributed by atoms with van der Waals surface area (Å²) in [4.78, 5) is 41.1. The van der Waals surface area contributed by atoms with Crippen molar-refractivity contribution in [2.45, 2.75) is 18.9 Å². The number of likely N-dealkylation sites (tertiary alicyclic amines) is 1. The third-order valence-corrected chi connectivity index (χ3v) is 7.48. The second-order valence-corrected chi connectivity index (χ2v) is 10.0. The van der Waals surface area contributed by atoms with Gasteiger partial charge in [-0.2, -0.15) is 0 Å². The molecule has 2 aliphatic heterocycles. The van der Waals surface area contributed by atoms with Crippen molar-refractivity contribution >= 4 is 33.8 Å². The summed E-state index contributed by atoms with van der Waals surface area (Å²) in [5.74, 6) is 0.352. The van der Waals surface area contributed by atoms with Gasteiger partial charge in [0.2, 0.25) is 0 Å². The molecule has 3 aromatic rings. The molecule has 2 bridgehead atoms. The second-order valence-electron chi connectivity index (χ2n) is 9.17. The monoisotopic (exact) mass is 547 g/mol. The molecule has 184 valence electrons. The molecule has 36 heavy (non-hydrogen) atoms. The Morgan fingerprint density at radius 1 is 1.00 bits per heavy atom. The van der Waals surface area contributed by atoms with Crippen molar-refractivity contribution in [2.75, 3.05) is 20.2 Å². The number of hydrogen-bond acceptors (Lipinski definition) is 4. The molecular formula is C28H26BrN3O4. The van der Waals surface area contributed by atoms with Gasteiger partial charge in [0.25, 0.3) is 17.4 Å². The van der Waals surface area contributed by atoms with Crippen LogP contribution in [-0.4, -0.2) is 41.5 Å². The minimum absolute atomic E-state index is 0.00256. The van der Waals surface area contributed by atoms with Crippen LogP contribution in [0.4, 0.5) is 0 Å². The summed E-state index contributed by atoms with van der Waals surface area (Å²) in [5, 5.41) is 2.86. The molecule has 1 N–H and O–H groups in total. The zero-order valence-electron chi connectivity index (χ0n) is 19.8. The number of pyridine rings is 1. The van der Waals surface area contributed by atoms with E-state index in [4.69, 9.17) is 4.74 Å². The fourth-order valence-electron chi connectivity index (χ4n) is 5.09. The van der Waals surface area contributed by atoms with Crippen LogP contribution in [0.5, 0.6) is 5.75 Å². The van der Waals surface area contributed by atoms with Crippen molar-refractivity contribution in [1.82, 2.24) is 14.8 Å². The molecule has 3 heterocycles. The molecule has 5 rings (SSSR count). The summed E-state index contributed by atoms with van der Waals surface area (Å²) in [5.41, 5.74) is 2.37. The lowest BCUT2D eigenvalue weighted by atomic mass is 9.83. The van der Waals surface area contributed by atoms with Crippen LogP contribution in [-0.2, 0) is 11.3 Å². The van der Waals surface area contributed by atoms with E-state index in [0.717, 1.165) is 17.7 Å². The molecule has 0 saturated carbocycles. The van der Waals surface area contributed by atoms with E-state index in [-0.39, 0.29) is 34.9 Å². The van der Waals surface area contributed by atoms with E-state index in [1.54, 1.807) is 48.4 Å². The molecule has 0 spiro atoms. The van der Waals surface area contributed by atoms with Crippen molar-refractivity contribution < 1.29 is 14.3 Å². The van der Waals surface area contributed by atoms with Crippen LogP contribution >= 0.6 is 15.9 Å². The Morgan fingerprint density at radius 3 is 2.53 bits per heavy atom. The number of nitrogens with one attached hydrogen (secondary N) is 1. The predicted molar refractivity (Wildman–Crippen MR) is 141 cm³/mol. The van der Waals surface area contributed by atoms with Crippen LogP contribution in [0.15, 0.2) is 81.7 Å². The van der Waals surface area contributed by atoms with E-state index in [2.05, 4.69) is 21.2 Å². The molecule has 1 aromatic heterocycles. The second kappa shape index (κ2) is 10.1. The van der Waals surface area contributed by atoms with Crippen molar-refractivity contribution in [1.29, 1.82) is 0 Å². The third-order valence-electron chi connectivity index (χ3n) is 6.79. The number of fused-ring (bicyclic) bond motifs is 4. The highest BCUT2D eigenvalue weighted by atomic mass is 79.9. The van der Waals surface area contributed by atoms with E-state index < -0.39 is 0 Å². The van der Waals surface area contributed by atoms with E-state index in [0.29, 0.717) is 35.4 Å². The molecule has 0 aliphatic carbocycles. The van der Waals surface area contributed by atoms with Gasteiger partial charge < -0.3 is 19.5 Å². The minimum atomic E-state index is -0.371. The van der Waals surface area contributed by atoms with Gasteiger partial charge in [0.15, 0.2) is 0 Å². The lowest BCUT2D eigenvalue weighted by Gasteiger charge is -2.43. The fourth-order valence-corrected chi connectivity index (χ4v) is 5.55. The highest BCUT2D eigenvalue weighted by Gasteiger charge is 2.37. The van der Waals surface area contributed by atoms with E-state index in [1.807, 2.05) is 41.0 Å². The number of hydrogen-bond donors (Lipinski definition) is 1. The van der Waals surface area contributed by atoms with Gasteiger partial charge in [-0.05, 0) is 70.2 Å². The van der Waals surface area contributed by atoms with Gasteiger partial charge in [0, 0.05) is 41.8 Å². The minimum Gasteiger partial charge on any atom is -0.497 e. The number of rotatable bonds is 5. The Labute approximate surface area is 217 Å². The largest absolute Gasteiger partial charge is 0.497 e. The van der Waals surface area contributed by atoms with E-state index in [1.165, 1.54) is 0 Å². The number of carbonyl (C=O) groups is 2. The Hall–Kier alpha value is -3.65. The Kier molecular flexibility index (Phi) is 6.78. The highest BCUT2D eigenvalue weighted by Crippen LogP contribution is 2.35. The first kappa shape index (κ1) is 24.1. The smallest absolute Gasteiger partial charge is 0.270 e. The first-order valence-corrected chi connectivity index (χ1v) is 12.6. The normalized spacial score (nSPS) is 18.8. The van der Waals surface area contributed by atoms with Gasteiger partial charge in [0.05, 0.1) is 12.7 Å². The average molecular weight is 548 g/mol. The van der Waals surface area contributed by atoms with Crippen molar-refractivity contribution in [3.05, 3.63) is 104 Å². The first-order valence-electron chi connectivity index (χ1n) is 11.8. The molecule has 2 amide bonds. The van der Waals surface area contributed by atoms with Crippen LogP contribution < -0.4 is 15.6 Å². The molecule has 0 radical (unpaired) electrons. The molecule has 7 nitrogen and oxygen atoms in total. The Morgan fingerprint density at radius 2 is 1.78 bits per heavy atom. The van der Waals surface area contributed by atoms with Gasteiger partial charge in [0.1, 0.15) is 11.4 Å². The maximum Gasteiger partial charge on any atom is 0.270 e. The summed E-state index contributed by atoms with van der Waals surface area (Å²) in [7, 11) is 1.59. The topological polar surface area (TPSA) is 80.6 Å². The fraction of sp³-hybridized carbons (Fsp3) is 0.250. The van der Waals surface area contributed by atoms with Crippen molar-refractivity contribution in [2.24, 2.45) is 5.92 Å². The number of ether oxygens (including phenoxy) is 1. The molecule has 2 aliphatic rings. The van der Waals surface area contributed by atoms with Crippen LogP contribution in [0.2, 0.25) is 0 Å². The molecule has 8 heteroatoms. The van der Waals surface area contributed by atoms with Crippen LogP contribution in [0.3, 0.4) is 0 Å². The quantitative estimate of drug-likeness (QED) is 0.489. The molecular weight excluding hydrogens is 522 g/mol. The number of piperidine rings is 1. The number of amides is 2. The average Bonchev–Trinajstić information content (AvgIpc) is 2.89. The molecule has 2 atom stereocenters. The van der Waals surface area contributed by atoms with Crippen molar-refractivity contribution in [3.8, 4) is 5.75 Å². The summed E-state index contributed by atoms with van der Waals surface area (Å²) < 4.78 is 7.72. The molecule has 0 unspecified atom stereocenters. The summed E-state index contributed by atoms with van der Waals surface area (Å²) in [6.45, 7) is 1.61. The summed E-state index contributed by atoms with van der Waals surface area (Å²) >= 11 is 3.42. The third kappa shape index (κ3) is 4.86. The number of halogens is 1. The van der Waals surface area contributed by atoms with Gasteiger partial charge in [-0.3, -0.25) is 14.4 Å². The van der Waals surface area contributed by atoms with Gasteiger partial charge in [-0.25, -0.2) is 0 Å². The number of carbonyl (C=O) groups excluding carboxylic acids is 2. The Bertz CT molecular complexity index is 1400. The summed E-state index contributed by atoms with van der Waals surface area (Å²) in [6.07, 6.45) is 2.63. The summed E-state index contributed by atoms with van der Waals surface area (Å²) in [6, 6.07) is 19.7. The van der Waals surface area contributed by atoms with Crippen LogP contribution in [0, 0.1) is 5.92 Å². The molecule has 1 fully saturated rings. The van der Waals surface area contributed by atoms with E-state index >= 15 is 0 Å². The lowest BCUT2D eigenvalue weighted by molar-refractivity contribution is -0.130. The number of benzene rings is 2. The zero-order valence-corrected chi connectivity index (χ0v) is 21.4. The van der Waals surface area contributed by atoms with Gasteiger partial charge in [-0.15, -0.1) is 0 Å². The van der Waals surface area contributed by atoms with Crippen molar-refractivity contribution in [3.63, 3.8) is 0 Å². The van der Waals surface area contributed by atoms with Gasteiger partial charge >= 0.3 is 0 Å². The maximum absolute atomic E-state index is 13.8. The standard InChI is InChI=1S/C28H26BrN3O4/c1-36-21-11-9-18(10-12-21)14-24(30-27(34)22-5-2-3-6-23(22)29)28(35)31-15-19-13-20(17-31)25-7-4-8-26(33)32(25)16-19/h2-12,14,19-20H,13,15-17H2,1H3,(H,30,34)/b24-14-/t19-,20+/m1/s1.